The molecule has 2 aliphatic rings. The van der Waals surface area contributed by atoms with E-state index in [9.17, 15) is 10.1 Å². The average Bonchev–Trinajstić information content (AvgIpc) is 2.97. The van der Waals surface area contributed by atoms with Crippen molar-refractivity contribution in [1.29, 1.82) is 5.26 Å². The van der Waals surface area contributed by atoms with E-state index < -0.39 is 0 Å². The molecule has 21 heavy (non-hydrogen) atoms. The maximum atomic E-state index is 12.4. The number of amides is 1. The van der Waals surface area contributed by atoms with E-state index in [1.54, 1.807) is 11.3 Å². The normalized spacial score (nSPS) is 20.3. The van der Waals surface area contributed by atoms with Crippen LogP contribution in [0, 0.1) is 17.2 Å². The second kappa shape index (κ2) is 6.62. The summed E-state index contributed by atoms with van der Waals surface area (Å²) >= 11 is 1.62. The van der Waals surface area contributed by atoms with Crippen molar-refractivity contribution in [3.8, 4) is 6.07 Å². The lowest BCUT2D eigenvalue weighted by atomic mass is 9.84. The molecular weight excluding hydrogens is 280 g/mol. The monoisotopic (exact) mass is 302 g/mol. The van der Waals surface area contributed by atoms with Crippen molar-refractivity contribution in [3.63, 3.8) is 0 Å². The smallest absolute Gasteiger partial charge is 0.262 e. The lowest BCUT2D eigenvalue weighted by Gasteiger charge is -2.26. The van der Waals surface area contributed by atoms with Crippen LogP contribution in [0.2, 0.25) is 0 Å². The maximum absolute atomic E-state index is 12.4. The number of hydrogen-bond acceptors (Lipinski definition) is 3. The lowest BCUT2D eigenvalue weighted by molar-refractivity contribution is 0.0933. The molecule has 2 aliphatic carbocycles. The number of carbonyl (C=O) groups is 1. The molecular formula is C17H22N2OS. The van der Waals surface area contributed by atoms with Gasteiger partial charge in [-0.3, -0.25) is 4.79 Å². The SMILES string of the molecule is N#CC(NC(=O)c1cc2c(s1)CCCC2)C1CCCCC1. The zero-order valence-electron chi connectivity index (χ0n) is 12.4. The lowest BCUT2D eigenvalue weighted by Crippen LogP contribution is -2.39. The number of rotatable bonds is 3. The summed E-state index contributed by atoms with van der Waals surface area (Å²) in [4.78, 5) is 14.6. The van der Waals surface area contributed by atoms with Crippen LogP contribution in [0.1, 0.15) is 65.1 Å². The van der Waals surface area contributed by atoms with Crippen molar-refractivity contribution >= 4 is 17.2 Å². The Hall–Kier alpha value is -1.34. The van der Waals surface area contributed by atoms with Crippen LogP contribution in [0.15, 0.2) is 6.07 Å². The van der Waals surface area contributed by atoms with Crippen LogP contribution in [-0.4, -0.2) is 11.9 Å². The fourth-order valence-corrected chi connectivity index (χ4v) is 4.69. The molecule has 0 radical (unpaired) electrons. The van der Waals surface area contributed by atoms with Gasteiger partial charge in [-0.1, -0.05) is 19.3 Å². The van der Waals surface area contributed by atoms with Gasteiger partial charge in [-0.15, -0.1) is 11.3 Å². The molecule has 3 nitrogen and oxygen atoms in total. The molecule has 1 N–H and O–H groups in total. The summed E-state index contributed by atoms with van der Waals surface area (Å²) in [5, 5.41) is 12.3. The molecule has 0 saturated heterocycles. The Morgan fingerprint density at radius 1 is 1.24 bits per heavy atom. The van der Waals surface area contributed by atoms with Crippen LogP contribution >= 0.6 is 11.3 Å². The Morgan fingerprint density at radius 3 is 2.71 bits per heavy atom. The number of nitriles is 1. The van der Waals surface area contributed by atoms with Gasteiger partial charge in [0.2, 0.25) is 0 Å². The van der Waals surface area contributed by atoms with Crippen LogP contribution in [0.25, 0.3) is 0 Å². The predicted octanol–water partition coefficient (Wildman–Crippen LogP) is 3.83. The van der Waals surface area contributed by atoms with Gasteiger partial charge in [-0.2, -0.15) is 5.26 Å². The molecule has 1 heterocycles. The predicted molar refractivity (Wildman–Crippen MR) is 84.4 cm³/mol. The Morgan fingerprint density at radius 2 is 2.00 bits per heavy atom. The second-order valence-electron chi connectivity index (χ2n) is 6.24. The minimum Gasteiger partial charge on any atom is -0.335 e. The van der Waals surface area contributed by atoms with Crippen LogP contribution in [0.4, 0.5) is 0 Å². The fourth-order valence-electron chi connectivity index (χ4n) is 3.54. The number of aryl methyl sites for hydroxylation is 2. The largest absolute Gasteiger partial charge is 0.335 e. The molecule has 0 spiro atoms. The first-order valence-corrected chi connectivity index (χ1v) is 8.91. The molecule has 112 valence electrons. The van der Waals surface area contributed by atoms with E-state index in [2.05, 4.69) is 11.4 Å². The number of hydrogen-bond donors (Lipinski definition) is 1. The van der Waals surface area contributed by atoms with E-state index in [0.29, 0.717) is 5.92 Å². The molecule has 1 fully saturated rings. The molecule has 1 aromatic rings. The number of carbonyl (C=O) groups excluding carboxylic acids is 1. The Balaban J connectivity index is 1.67. The van der Waals surface area contributed by atoms with E-state index in [1.165, 1.54) is 42.5 Å². The summed E-state index contributed by atoms with van der Waals surface area (Å²) in [6.07, 6.45) is 10.4. The number of fused-ring (bicyclic) bond motifs is 1. The molecule has 1 amide bonds. The summed E-state index contributed by atoms with van der Waals surface area (Å²) in [6, 6.07) is 4.03. The summed E-state index contributed by atoms with van der Waals surface area (Å²) in [6.45, 7) is 0. The van der Waals surface area contributed by atoms with Crippen LogP contribution in [0.5, 0.6) is 0 Å². The molecule has 1 aromatic heterocycles. The van der Waals surface area contributed by atoms with Gasteiger partial charge in [0.05, 0.1) is 10.9 Å². The minimum absolute atomic E-state index is 0.0495. The molecule has 4 heteroatoms. The van der Waals surface area contributed by atoms with Gasteiger partial charge in [-0.25, -0.2) is 0 Å². The van der Waals surface area contributed by atoms with Gasteiger partial charge in [0.15, 0.2) is 0 Å². The highest BCUT2D eigenvalue weighted by Gasteiger charge is 2.26. The fraction of sp³-hybridized carbons (Fsp3) is 0.647. The Bertz CT molecular complexity index is 528. The van der Waals surface area contributed by atoms with Crippen molar-refractivity contribution in [3.05, 3.63) is 21.4 Å². The second-order valence-corrected chi connectivity index (χ2v) is 7.38. The van der Waals surface area contributed by atoms with Crippen molar-refractivity contribution < 1.29 is 4.79 Å². The number of nitrogens with one attached hydrogen (secondary N) is 1. The molecule has 1 unspecified atom stereocenters. The third-order valence-corrected chi connectivity index (χ3v) is 6.00. The van der Waals surface area contributed by atoms with Crippen molar-refractivity contribution in [2.75, 3.05) is 0 Å². The van der Waals surface area contributed by atoms with E-state index >= 15 is 0 Å². The summed E-state index contributed by atoms with van der Waals surface area (Å²) < 4.78 is 0. The number of nitrogens with zero attached hydrogens (tertiary/aromatic N) is 1. The van der Waals surface area contributed by atoms with Gasteiger partial charge in [0.25, 0.3) is 5.91 Å². The van der Waals surface area contributed by atoms with E-state index in [-0.39, 0.29) is 11.9 Å². The zero-order chi connectivity index (χ0) is 14.7. The van der Waals surface area contributed by atoms with E-state index in [4.69, 9.17) is 0 Å². The first-order valence-electron chi connectivity index (χ1n) is 8.10. The third-order valence-electron chi connectivity index (χ3n) is 4.77. The highest BCUT2D eigenvalue weighted by atomic mass is 32.1. The molecule has 0 bridgehead atoms. The zero-order valence-corrected chi connectivity index (χ0v) is 13.2. The molecule has 3 rings (SSSR count). The van der Waals surface area contributed by atoms with Crippen LogP contribution < -0.4 is 5.32 Å². The minimum atomic E-state index is -0.322. The standard InChI is InChI=1S/C17H22N2OS/c18-11-14(12-6-2-1-3-7-12)19-17(20)16-10-13-8-4-5-9-15(13)21-16/h10,12,14H,1-9H2,(H,19,20). The maximum Gasteiger partial charge on any atom is 0.262 e. The Labute approximate surface area is 130 Å². The highest BCUT2D eigenvalue weighted by molar-refractivity contribution is 7.14. The topological polar surface area (TPSA) is 52.9 Å². The first kappa shape index (κ1) is 14.6. The molecule has 1 saturated carbocycles. The summed E-state index contributed by atoms with van der Waals surface area (Å²) in [5.41, 5.74) is 1.35. The average molecular weight is 302 g/mol. The highest BCUT2D eigenvalue weighted by Crippen LogP contribution is 2.30. The quantitative estimate of drug-likeness (QED) is 0.922. The molecule has 0 aliphatic heterocycles. The van der Waals surface area contributed by atoms with Crippen molar-refractivity contribution in [1.82, 2.24) is 5.32 Å². The van der Waals surface area contributed by atoms with Gasteiger partial charge < -0.3 is 5.32 Å². The van der Waals surface area contributed by atoms with E-state index in [1.807, 2.05) is 6.07 Å². The molecule has 1 atom stereocenters. The summed E-state index contributed by atoms with van der Waals surface area (Å²) in [7, 11) is 0. The Kier molecular flexibility index (Phi) is 4.60. The van der Waals surface area contributed by atoms with Gasteiger partial charge >= 0.3 is 0 Å². The van der Waals surface area contributed by atoms with Gasteiger partial charge in [-0.05, 0) is 56.1 Å². The summed E-state index contributed by atoms with van der Waals surface area (Å²) in [5.74, 6) is 0.286. The van der Waals surface area contributed by atoms with Gasteiger partial charge in [0.1, 0.15) is 6.04 Å². The van der Waals surface area contributed by atoms with Crippen molar-refractivity contribution in [2.24, 2.45) is 5.92 Å². The first-order chi connectivity index (χ1) is 10.3. The van der Waals surface area contributed by atoms with E-state index in [0.717, 1.165) is 30.6 Å². The molecule has 0 aromatic carbocycles. The third kappa shape index (κ3) is 3.29. The number of thiophene rings is 1. The van der Waals surface area contributed by atoms with Gasteiger partial charge in [0, 0.05) is 4.88 Å². The van der Waals surface area contributed by atoms with Crippen molar-refractivity contribution in [2.45, 2.75) is 63.8 Å². The van der Waals surface area contributed by atoms with Crippen LogP contribution in [-0.2, 0) is 12.8 Å². The van der Waals surface area contributed by atoms with Crippen LogP contribution in [0.3, 0.4) is 0 Å².